The Morgan fingerprint density at radius 1 is 1.05 bits per heavy atom. The Labute approximate surface area is 120 Å². The largest absolute Gasteiger partial charge is 0.271 e. The molecule has 0 radical (unpaired) electrons. The van der Waals surface area contributed by atoms with E-state index in [4.69, 9.17) is 5.84 Å². The van der Waals surface area contributed by atoms with E-state index in [0.717, 1.165) is 21.2 Å². The molecule has 2 aromatic carbocycles. The fourth-order valence-electron chi connectivity index (χ4n) is 2.12. The lowest BCUT2D eigenvalue weighted by Gasteiger charge is -2.20. The van der Waals surface area contributed by atoms with Crippen LogP contribution in [0.5, 0.6) is 0 Å². The van der Waals surface area contributed by atoms with Gasteiger partial charge < -0.3 is 0 Å². The van der Waals surface area contributed by atoms with E-state index in [1.165, 1.54) is 6.07 Å². The molecule has 0 aromatic heterocycles. The maximum absolute atomic E-state index is 14.0. The first-order chi connectivity index (χ1) is 9.02. The third kappa shape index (κ3) is 3.03. The first kappa shape index (κ1) is 14.2. The van der Waals surface area contributed by atoms with Crippen molar-refractivity contribution in [3.8, 4) is 0 Å². The number of hydrogen-bond donors (Lipinski definition) is 2. The number of nitrogens with one attached hydrogen (secondary N) is 1. The van der Waals surface area contributed by atoms with Crippen molar-refractivity contribution in [1.29, 1.82) is 0 Å². The molecule has 0 aliphatic carbocycles. The highest BCUT2D eigenvalue weighted by Crippen LogP contribution is 2.30. The highest BCUT2D eigenvalue weighted by atomic mass is 79.9. The van der Waals surface area contributed by atoms with E-state index in [1.54, 1.807) is 6.07 Å². The minimum absolute atomic E-state index is 0.262. The molecule has 2 rings (SSSR count). The van der Waals surface area contributed by atoms with Crippen LogP contribution in [0.1, 0.15) is 28.3 Å². The van der Waals surface area contributed by atoms with E-state index in [-0.39, 0.29) is 11.9 Å². The summed E-state index contributed by atoms with van der Waals surface area (Å²) in [6.07, 6.45) is 0. The van der Waals surface area contributed by atoms with E-state index in [1.807, 2.05) is 38.1 Å². The first-order valence-corrected chi connectivity index (χ1v) is 6.80. The van der Waals surface area contributed by atoms with E-state index in [0.29, 0.717) is 5.56 Å². The molecule has 19 heavy (non-hydrogen) atoms. The average molecular weight is 323 g/mol. The topological polar surface area (TPSA) is 38.0 Å². The van der Waals surface area contributed by atoms with E-state index >= 15 is 0 Å². The molecule has 2 nitrogen and oxygen atoms in total. The summed E-state index contributed by atoms with van der Waals surface area (Å²) in [7, 11) is 0. The van der Waals surface area contributed by atoms with Gasteiger partial charge in [-0.1, -0.05) is 51.3 Å². The van der Waals surface area contributed by atoms with Crippen molar-refractivity contribution in [2.24, 2.45) is 5.84 Å². The lowest BCUT2D eigenvalue weighted by molar-refractivity contribution is 0.558. The van der Waals surface area contributed by atoms with E-state index in [2.05, 4.69) is 21.4 Å². The zero-order valence-electron chi connectivity index (χ0n) is 10.9. The molecule has 1 atom stereocenters. The molecule has 0 heterocycles. The van der Waals surface area contributed by atoms with Gasteiger partial charge in [0.25, 0.3) is 0 Å². The summed E-state index contributed by atoms with van der Waals surface area (Å²) in [6, 6.07) is 10.6. The van der Waals surface area contributed by atoms with Gasteiger partial charge in [0.2, 0.25) is 0 Å². The van der Waals surface area contributed by atoms with Crippen LogP contribution in [-0.2, 0) is 0 Å². The second-order valence-electron chi connectivity index (χ2n) is 4.65. The number of halogens is 2. The van der Waals surface area contributed by atoms with Gasteiger partial charge in [-0.2, -0.15) is 0 Å². The molecule has 0 spiro atoms. The monoisotopic (exact) mass is 322 g/mol. The van der Waals surface area contributed by atoms with Crippen molar-refractivity contribution in [2.45, 2.75) is 19.9 Å². The van der Waals surface area contributed by atoms with Crippen LogP contribution < -0.4 is 11.3 Å². The summed E-state index contributed by atoms with van der Waals surface area (Å²) in [5.41, 5.74) is 6.28. The summed E-state index contributed by atoms with van der Waals surface area (Å²) in [5, 5.41) is 0. The van der Waals surface area contributed by atoms with Gasteiger partial charge in [0, 0.05) is 10.0 Å². The number of benzene rings is 2. The Bertz CT molecular complexity index is 547. The number of hydrogen-bond acceptors (Lipinski definition) is 2. The van der Waals surface area contributed by atoms with Gasteiger partial charge in [0.1, 0.15) is 5.82 Å². The molecule has 0 aliphatic rings. The number of nitrogens with two attached hydrogens (primary N) is 1. The molecule has 0 saturated heterocycles. The predicted octanol–water partition coefficient (Wildman–Crippen LogP) is 3.76. The van der Waals surface area contributed by atoms with Gasteiger partial charge in [-0.15, -0.1) is 0 Å². The van der Waals surface area contributed by atoms with Crippen molar-refractivity contribution in [2.75, 3.05) is 0 Å². The van der Waals surface area contributed by atoms with Gasteiger partial charge in [0.15, 0.2) is 0 Å². The van der Waals surface area contributed by atoms with Crippen LogP contribution in [0.25, 0.3) is 0 Å². The molecule has 0 saturated carbocycles. The van der Waals surface area contributed by atoms with E-state index in [9.17, 15) is 4.39 Å². The number of aryl methyl sites for hydroxylation is 2. The van der Waals surface area contributed by atoms with Crippen LogP contribution in [0.4, 0.5) is 4.39 Å². The van der Waals surface area contributed by atoms with Crippen molar-refractivity contribution in [1.82, 2.24) is 5.43 Å². The van der Waals surface area contributed by atoms with Crippen molar-refractivity contribution in [3.05, 3.63) is 68.9 Å². The molecule has 2 aromatic rings. The van der Waals surface area contributed by atoms with Gasteiger partial charge in [-0.25, -0.2) is 9.82 Å². The highest BCUT2D eigenvalue weighted by molar-refractivity contribution is 9.10. The SMILES string of the molecule is Cc1ccc(F)c(C(NN)c2cc(C)ccc2Br)c1. The smallest absolute Gasteiger partial charge is 0.128 e. The minimum Gasteiger partial charge on any atom is -0.271 e. The maximum atomic E-state index is 14.0. The summed E-state index contributed by atoms with van der Waals surface area (Å²) in [6.45, 7) is 3.93. The van der Waals surface area contributed by atoms with Gasteiger partial charge >= 0.3 is 0 Å². The third-order valence-corrected chi connectivity index (χ3v) is 3.81. The fourth-order valence-corrected chi connectivity index (χ4v) is 2.59. The summed E-state index contributed by atoms with van der Waals surface area (Å²) >= 11 is 3.49. The van der Waals surface area contributed by atoms with Crippen LogP contribution in [0.3, 0.4) is 0 Å². The van der Waals surface area contributed by atoms with Crippen LogP contribution in [-0.4, -0.2) is 0 Å². The fraction of sp³-hybridized carbons (Fsp3) is 0.200. The Kier molecular flexibility index (Phi) is 4.34. The molecule has 0 amide bonds. The lowest BCUT2D eigenvalue weighted by atomic mass is 9.96. The van der Waals surface area contributed by atoms with Gasteiger partial charge in [-0.05, 0) is 31.5 Å². The lowest BCUT2D eigenvalue weighted by Crippen LogP contribution is -2.30. The van der Waals surface area contributed by atoms with Crippen LogP contribution in [0, 0.1) is 19.7 Å². The van der Waals surface area contributed by atoms with E-state index < -0.39 is 0 Å². The molecular formula is C15H16BrFN2. The highest BCUT2D eigenvalue weighted by Gasteiger charge is 2.19. The van der Waals surface area contributed by atoms with Crippen molar-refractivity contribution < 1.29 is 4.39 Å². The molecule has 3 N–H and O–H groups in total. The average Bonchev–Trinajstić information content (AvgIpc) is 2.38. The Morgan fingerprint density at radius 2 is 1.63 bits per heavy atom. The number of hydrazine groups is 1. The van der Waals surface area contributed by atoms with Crippen molar-refractivity contribution in [3.63, 3.8) is 0 Å². The zero-order valence-corrected chi connectivity index (χ0v) is 12.5. The minimum atomic E-state index is -0.380. The maximum Gasteiger partial charge on any atom is 0.128 e. The second kappa shape index (κ2) is 5.82. The van der Waals surface area contributed by atoms with Crippen LogP contribution in [0.2, 0.25) is 0 Å². The Balaban J connectivity index is 2.55. The quantitative estimate of drug-likeness (QED) is 0.667. The summed E-state index contributed by atoms with van der Waals surface area (Å²) in [5.74, 6) is 5.38. The second-order valence-corrected chi connectivity index (χ2v) is 5.50. The Hall–Kier alpha value is -1.23. The van der Waals surface area contributed by atoms with Crippen molar-refractivity contribution >= 4 is 15.9 Å². The molecule has 0 aliphatic heterocycles. The van der Waals surface area contributed by atoms with Gasteiger partial charge in [-0.3, -0.25) is 5.84 Å². The normalized spacial score (nSPS) is 12.5. The molecule has 100 valence electrons. The summed E-state index contributed by atoms with van der Waals surface area (Å²) in [4.78, 5) is 0. The van der Waals surface area contributed by atoms with Crippen LogP contribution in [0.15, 0.2) is 40.9 Å². The zero-order chi connectivity index (χ0) is 14.0. The van der Waals surface area contributed by atoms with Gasteiger partial charge in [0.05, 0.1) is 6.04 Å². The predicted molar refractivity (Wildman–Crippen MR) is 79.2 cm³/mol. The molecule has 4 heteroatoms. The molecule has 0 bridgehead atoms. The molecular weight excluding hydrogens is 307 g/mol. The summed E-state index contributed by atoms with van der Waals surface area (Å²) < 4.78 is 14.9. The molecule has 0 fully saturated rings. The third-order valence-electron chi connectivity index (χ3n) is 3.09. The number of rotatable bonds is 3. The standard InChI is InChI=1S/C15H16BrFN2/c1-9-3-5-13(16)11(7-9)15(19-18)12-8-10(2)4-6-14(12)17/h3-8,15,19H,18H2,1-2H3. The molecule has 1 unspecified atom stereocenters. The van der Waals surface area contributed by atoms with Crippen LogP contribution >= 0.6 is 15.9 Å². The first-order valence-electron chi connectivity index (χ1n) is 6.01. The Morgan fingerprint density at radius 3 is 2.26 bits per heavy atom.